The van der Waals surface area contributed by atoms with Crippen LogP contribution < -0.4 is 0 Å². The fourth-order valence-corrected chi connectivity index (χ4v) is 5.08. The normalized spacial score (nSPS) is 11.6. The van der Waals surface area contributed by atoms with Crippen molar-refractivity contribution in [2.24, 2.45) is 0 Å². The number of benzene rings is 2. The molecule has 0 N–H and O–H groups in total. The highest BCUT2D eigenvalue weighted by molar-refractivity contribution is 7.25. The molecule has 28 heavy (non-hydrogen) atoms. The molecule has 0 aliphatic rings. The van der Waals surface area contributed by atoms with Gasteiger partial charge in [-0.25, -0.2) is 9.97 Å². The van der Waals surface area contributed by atoms with Gasteiger partial charge in [-0.05, 0) is 30.3 Å². The number of rotatable bonds is 2. The Morgan fingerprint density at radius 2 is 1.54 bits per heavy atom. The standard InChI is InChI=1S/C24H15N3S/c1-2-8-16(9-3-1)19-12-6-14-21(26-19)27-23-18(11-7-15-25-23)22-17-10-4-5-13-20(17)28-24(22)27/h1-15H. The first-order valence-corrected chi connectivity index (χ1v) is 10.0. The first-order valence-electron chi connectivity index (χ1n) is 9.20. The van der Waals surface area contributed by atoms with Crippen LogP contribution in [-0.2, 0) is 0 Å². The van der Waals surface area contributed by atoms with E-state index in [2.05, 4.69) is 65.2 Å². The van der Waals surface area contributed by atoms with Gasteiger partial charge in [-0.15, -0.1) is 11.3 Å². The summed E-state index contributed by atoms with van der Waals surface area (Å²) in [5, 5.41) is 3.70. The number of aromatic nitrogens is 3. The summed E-state index contributed by atoms with van der Waals surface area (Å²) in [7, 11) is 0. The minimum atomic E-state index is 0.895. The van der Waals surface area contributed by atoms with Gasteiger partial charge in [0.1, 0.15) is 16.3 Å². The first-order chi connectivity index (χ1) is 13.9. The fourth-order valence-electron chi connectivity index (χ4n) is 3.85. The van der Waals surface area contributed by atoms with Crippen LogP contribution >= 0.6 is 11.3 Å². The van der Waals surface area contributed by atoms with Crippen molar-refractivity contribution in [1.82, 2.24) is 14.5 Å². The lowest BCUT2D eigenvalue weighted by Gasteiger charge is -2.07. The van der Waals surface area contributed by atoms with E-state index in [1.54, 1.807) is 11.3 Å². The van der Waals surface area contributed by atoms with Crippen LogP contribution in [0, 0.1) is 0 Å². The molecule has 0 saturated heterocycles. The Hall–Kier alpha value is -3.50. The van der Waals surface area contributed by atoms with E-state index in [1.807, 2.05) is 30.5 Å². The molecule has 0 radical (unpaired) electrons. The molecule has 6 rings (SSSR count). The Kier molecular flexibility index (Phi) is 3.34. The van der Waals surface area contributed by atoms with Gasteiger partial charge in [0.25, 0.3) is 0 Å². The molecule has 6 aromatic rings. The summed E-state index contributed by atoms with van der Waals surface area (Å²) in [5.74, 6) is 0.895. The van der Waals surface area contributed by atoms with Crippen LogP contribution in [-0.4, -0.2) is 14.5 Å². The number of thiophene rings is 1. The van der Waals surface area contributed by atoms with Gasteiger partial charge in [-0.3, -0.25) is 4.57 Å². The van der Waals surface area contributed by atoms with E-state index in [0.29, 0.717) is 0 Å². The second kappa shape index (κ2) is 6.01. The van der Waals surface area contributed by atoms with Crippen molar-refractivity contribution in [3.63, 3.8) is 0 Å². The van der Waals surface area contributed by atoms with Gasteiger partial charge in [0.15, 0.2) is 0 Å². The number of fused-ring (bicyclic) bond motifs is 5. The lowest BCUT2D eigenvalue weighted by Crippen LogP contribution is -1.98. The molecule has 4 heterocycles. The zero-order valence-corrected chi connectivity index (χ0v) is 15.7. The predicted molar refractivity (Wildman–Crippen MR) is 117 cm³/mol. The summed E-state index contributed by atoms with van der Waals surface area (Å²) in [5.41, 5.74) is 3.03. The summed E-state index contributed by atoms with van der Waals surface area (Å²) in [6.45, 7) is 0. The second-order valence-corrected chi connectivity index (χ2v) is 7.77. The van der Waals surface area contributed by atoms with Gasteiger partial charge in [-0.1, -0.05) is 54.6 Å². The largest absolute Gasteiger partial charge is 0.268 e. The topological polar surface area (TPSA) is 30.7 Å². The number of hydrogen-bond donors (Lipinski definition) is 0. The van der Waals surface area contributed by atoms with Crippen molar-refractivity contribution >= 4 is 42.7 Å². The molecule has 0 saturated carbocycles. The second-order valence-electron chi connectivity index (χ2n) is 6.74. The van der Waals surface area contributed by atoms with Crippen LogP contribution in [0.4, 0.5) is 0 Å². The molecule has 0 amide bonds. The van der Waals surface area contributed by atoms with E-state index in [4.69, 9.17) is 9.97 Å². The average Bonchev–Trinajstić information content (AvgIpc) is 3.29. The van der Waals surface area contributed by atoms with Crippen LogP contribution in [0.15, 0.2) is 91.1 Å². The zero-order chi connectivity index (χ0) is 18.5. The molecule has 4 heteroatoms. The maximum absolute atomic E-state index is 4.99. The Morgan fingerprint density at radius 3 is 2.46 bits per heavy atom. The van der Waals surface area contributed by atoms with E-state index < -0.39 is 0 Å². The molecular formula is C24H15N3S. The van der Waals surface area contributed by atoms with Crippen LogP contribution in [0.2, 0.25) is 0 Å². The summed E-state index contributed by atoms with van der Waals surface area (Å²) < 4.78 is 3.48. The predicted octanol–water partition coefficient (Wildman–Crippen LogP) is 6.46. The van der Waals surface area contributed by atoms with Crippen LogP contribution in [0.25, 0.3) is 48.4 Å². The maximum Gasteiger partial charge on any atom is 0.147 e. The van der Waals surface area contributed by atoms with Gasteiger partial charge in [0.05, 0.1) is 5.69 Å². The lowest BCUT2D eigenvalue weighted by atomic mass is 10.1. The molecule has 0 aliphatic heterocycles. The summed E-state index contributed by atoms with van der Waals surface area (Å²) in [4.78, 5) is 10.9. The highest BCUT2D eigenvalue weighted by Gasteiger charge is 2.18. The van der Waals surface area contributed by atoms with Gasteiger partial charge in [0, 0.05) is 32.6 Å². The monoisotopic (exact) mass is 377 g/mol. The molecule has 132 valence electrons. The van der Waals surface area contributed by atoms with Crippen molar-refractivity contribution in [3.05, 3.63) is 91.1 Å². The van der Waals surface area contributed by atoms with Gasteiger partial charge < -0.3 is 0 Å². The van der Waals surface area contributed by atoms with E-state index in [9.17, 15) is 0 Å². The molecule has 0 atom stereocenters. The Labute approximate surface area is 165 Å². The number of pyridine rings is 2. The first kappa shape index (κ1) is 15.5. The van der Waals surface area contributed by atoms with Crippen molar-refractivity contribution in [1.29, 1.82) is 0 Å². The smallest absolute Gasteiger partial charge is 0.147 e. The van der Waals surface area contributed by atoms with Gasteiger partial charge in [0.2, 0.25) is 0 Å². The molecule has 0 fully saturated rings. The van der Waals surface area contributed by atoms with Crippen molar-refractivity contribution in [2.75, 3.05) is 0 Å². The van der Waals surface area contributed by atoms with Crippen molar-refractivity contribution < 1.29 is 0 Å². The molecule has 0 spiro atoms. The molecule has 0 unspecified atom stereocenters. The third-order valence-corrected chi connectivity index (χ3v) is 6.24. The molecular weight excluding hydrogens is 362 g/mol. The summed E-state index contributed by atoms with van der Waals surface area (Å²) in [6.07, 6.45) is 1.85. The molecule has 2 aromatic carbocycles. The minimum Gasteiger partial charge on any atom is -0.268 e. The zero-order valence-electron chi connectivity index (χ0n) is 14.9. The minimum absolute atomic E-state index is 0.895. The average molecular weight is 377 g/mol. The third-order valence-electron chi connectivity index (χ3n) is 5.08. The highest BCUT2D eigenvalue weighted by Crippen LogP contribution is 2.41. The summed E-state index contributed by atoms with van der Waals surface area (Å²) >= 11 is 1.79. The molecule has 3 nitrogen and oxygen atoms in total. The van der Waals surface area contributed by atoms with Crippen LogP contribution in [0.5, 0.6) is 0 Å². The third kappa shape index (κ3) is 2.22. The number of hydrogen-bond acceptors (Lipinski definition) is 3. The Bertz CT molecular complexity index is 1460. The SMILES string of the molecule is c1ccc(-c2cccc(-n3c4ncccc4c4c5ccccc5sc43)n2)cc1. The summed E-state index contributed by atoms with van der Waals surface area (Å²) in [6, 6.07) is 29.2. The number of nitrogens with zero attached hydrogens (tertiary/aromatic N) is 3. The molecule has 0 bridgehead atoms. The van der Waals surface area contributed by atoms with Crippen LogP contribution in [0.3, 0.4) is 0 Å². The van der Waals surface area contributed by atoms with Crippen molar-refractivity contribution in [2.45, 2.75) is 0 Å². The van der Waals surface area contributed by atoms with Crippen molar-refractivity contribution in [3.8, 4) is 17.1 Å². The van der Waals surface area contributed by atoms with E-state index >= 15 is 0 Å². The quantitative estimate of drug-likeness (QED) is 0.347. The van der Waals surface area contributed by atoms with Gasteiger partial charge in [-0.2, -0.15) is 0 Å². The Balaban J connectivity index is 1.70. The highest BCUT2D eigenvalue weighted by atomic mass is 32.1. The van der Waals surface area contributed by atoms with Crippen LogP contribution in [0.1, 0.15) is 0 Å². The molecule has 0 aliphatic carbocycles. The van der Waals surface area contributed by atoms with E-state index in [1.165, 1.54) is 25.7 Å². The lowest BCUT2D eigenvalue weighted by molar-refractivity contribution is 1.07. The van der Waals surface area contributed by atoms with Gasteiger partial charge >= 0.3 is 0 Å². The van der Waals surface area contributed by atoms with E-state index in [-0.39, 0.29) is 0 Å². The Morgan fingerprint density at radius 1 is 0.714 bits per heavy atom. The van der Waals surface area contributed by atoms with E-state index in [0.717, 1.165) is 22.7 Å². The maximum atomic E-state index is 4.99. The molecule has 4 aromatic heterocycles. The fraction of sp³-hybridized carbons (Fsp3) is 0.